The van der Waals surface area contributed by atoms with E-state index >= 15 is 0 Å². The number of piperazine rings is 1. The van der Waals surface area contributed by atoms with Crippen molar-refractivity contribution in [2.24, 2.45) is 0 Å². The van der Waals surface area contributed by atoms with Crippen molar-refractivity contribution in [3.8, 4) is 11.5 Å². The van der Waals surface area contributed by atoms with Gasteiger partial charge in [-0.25, -0.2) is 0 Å². The van der Waals surface area contributed by atoms with Gasteiger partial charge in [-0.2, -0.15) is 0 Å². The van der Waals surface area contributed by atoms with Crippen LogP contribution in [0.5, 0.6) is 11.5 Å². The number of nitrogens with zero attached hydrogens (tertiary/aromatic N) is 2. The van der Waals surface area contributed by atoms with Crippen LogP contribution in [0, 0.1) is 0 Å². The van der Waals surface area contributed by atoms with Crippen LogP contribution in [0.2, 0.25) is 0 Å². The van der Waals surface area contributed by atoms with Gasteiger partial charge in [0.25, 0.3) is 5.91 Å². The highest BCUT2D eigenvalue weighted by atomic mass is 16.5. The van der Waals surface area contributed by atoms with Gasteiger partial charge in [0, 0.05) is 26.2 Å². The molecular formula is C15H20N2O4. The normalized spacial score (nSPS) is 16.3. The largest absolute Gasteiger partial charge is 0.497 e. The molecule has 0 N–H and O–H groups in total. The average molecular weight is 292 g/mol. The number of carbonyl (C=O) groups excluding carboxylic acids is 2. The van der Waals surface area contributed by atoms with E-state index in [4.69, 9.17) is 9.47 Å². The van der Waals surface area contributed by atoms with Gasteiger partial charge in [0.2, 0.25) is 6.41 Å². The van der Waals surface area contributed by atoms with Crippen LogP contribution in [0.15, 0.2) is 24.3 Å². The summed E-state index contributed by atoms with van der Waals surface area (Å²) in [5, 5.41) is 0. The summed E-state index contributed by atoms with van der Waals surface area (Å²) in [6.45, 7) is 3.98. The lowest BCUT2D eigenvalue weighted by molar-refractivity contribution is -0.141. The molecule has 0 spiro atoms. The van der Waals surface area contributed by atoms with Crippen LogP contribution in [0.4, 0.5) is 0 Å². The van der Waals surface area contributed by atoms with Crippen molar-refractivity contribution in [2.45, 2.75) is 13.0 Å². The van der Waals surface area contributed by atoms with Crippen LogP contribution in [-0.4, -0.2) is 61.5 Å². The van der Waals surface area contributed by atoms with Gasteiger partial charge in [0.05, 0.1) is 7.11 Å². The zero-order chi connectivity index (χ0) is 15.2. The Balaban J connectivity index is 1.88. The lowest BCUT2D eigenvalue weighted by Gasteiger charge is -2.33. The number of rotatable bonds is 5. The average Bonchev–Trinajstić information content (AvgIpc) is 2.55. The van der Waals surface area contributed by atoms with Crippen LogP contribution < -0.4 is 9.47 Å². The first-order valence-electron chi connectivity index (χ1n) is 6.93. The molecule has 1 atom stereocenters. The van der Waals surface area contributed by atoms with Crippen molar-refractivity contribution in [3.63, 3.8) is 0 Å². The van der Waals surface area contributed by atoms with Gasteiger partial charge >= 0.3 is 0 Å². The fraction of sp³-hybridized carbons (Fsp3) is 0.467. The molecule has 1 aliphatic heterocycles. The van der Waals surface area contributed by atoms with Crippen molar-refractivity contribution >= 4 is 12.3 Å². The summed E-state index contributed by atoms with van der Waals surface area (Å²) >= 11 is 0. The van der Waals surface area contributed by atoms with Crippen LogP contribution in [0.25, 0.3) is 0 Å². The molecule has 114 valence electrons. The SMILES string of the molecule is COc1ccc(O[C@H](C)C(=O)N2CCN(C=O)CC2)cc1. The second kappa shape index (κ2) is 6.97. The summed E-state index contributed by atoms with van der Waals surface area (Å²) in [6, 6.07) is 7.12. The number of benzene rings is 1. The van der Waals surface area contributed by atoms with Crippen LogP contribution in [0.1, 0.15) is 6.92 Å². The highest BCUT2D eigenvalue weighted by molar-refractivity contribution is 5.81. The molecule has 0 unspecified atom stereocenters. The van der Waals surface area contributed by atoms with E-state index in [1.165, 1.54) is 0 Å². The highest BCUT2D eigenvalue weighted by Gasteiger charge is 2.25. The fourth-order valence-corrected chi connectivity index (χ4v) is 2.21. The summed E-state index contributed by atoms with van der Waals surface area (Å²) in [5.41, 5.74) is 0. The second-order valence-corrected chi connectivity index (χ2v) is 4.90. The number of hydrogen-bond donors (Lipinski definition) is 0. The molecule has 0 bridgehead atoms. The minimum absolute atomic E-state index is 0.0589. The predicted molar refractivity (Wildman–Crippen MR) is 77.3 cm³/mol. The minimum Gasteiger partial charge on any atom is -0.497 e. The number of hydrogen-bond acceptors (Lipinski definition) is 4. The molecule has 1 aliphatic rings. The molecule has 1 heterocycles. The Hall–Kier alpha value is -2.24. The van der Waals surface area contributed by atoms with Crippen molar-refractivity contribution in [3.05, 3.63) is 24.3 Å². The summed E-state index contributed by atoms with van der Waals surface area (Å²) in [4.78, 5) is 26.3. The second-order valence-electron chi connectivity index (χ2n) is 4.90. The maximum Gasteiger partial charge on any atom is 0.263 e. The third-order valence-corrected chi connectivity index (χ3v) is 3.50. The van der Waals surface area contributed by atoms with E-state index in [1.54, 1.807) is 48.1 Å². The summed E-state index contributed by atoms with van der Waals surface area (Å²) in [5.74, 6) is 1.31. The maximum absolute atomic E-state index is 12.3. The van der Waals surface area contributed by atoms with E-state index in [1.807, 2.05) is 0 Å². The Morgan fingerprint density at radius 2 is 1.71 bits per heavy atom. The number of amides is 2. The number of ether oxygens (including phenoxy) is 2. The van der Waals surface area contributed by atoms with Gasteiger partial charge in [0.1, 0.15) is 11.5 Å². The van der Waals surface area contributed by atoms with E-state index in [9.17, 15) is 9.59 Å². The first kappa shape index (κ1) is 15.2. The molecule has 1 aromatic rings. The molecular weight excluding hydrogens is 272 g/mol. The van der Waals surface area contributed by atoms with Crippen LogP contribution in [-0.2, 0) is 9.59 Å². The molecule has 6 nitrogen and oxygen atoms in total. The van der Waals surface area contributed by atoms with Gasteiger partial charge in [0.15, 0.2) is 6.10 Å². The molecule has 0 aromatic heterocycles. The summed E-state index contributed by atoms with van der Waals surface area (Å²) in [6.07, 6.45) is 0.264. The van der Waals surface area contributed by atoms with Crippen LogP contribution >= 0.6 is 0 Å². The monoisotopic (exact) mass is 292 g/mol. The first-order valence-corrected chi connectivity index (χ1v) is 6.93. The van der Waals surface area contributed by atoms with Gasteiger partial charge in [-0.1, -0.05) is 0 Å². The fourth-order valence-electron chi connectivity index (χ4n) is 2.21. The smallest absolute Gasteiger partial charge is 0.263 e. The van der Waals surface area contributed by atoms with Gasteiger partial charge in [-0.15, -0.1) is 0 Å². The molecule has 0 saturated carbocycles. The molecule has 2 amide bonds. The van der Waals surface area contributed by atoms with Gasteiger partial charge < -0.3 is 19.3 Å². The molecule has 1 fully saturated rings. The van der Waals surface area contributed by atoms with Crippen molar-refractivity contribution in [1.29, 1.82) is 0 Å². The Kier molecular flexibility index (Phi) is 5.03. The van der Waals surface area contributed by atoms with Crippen molar-refractivity contribution in [2.75, 3.05) is 33.3 Å². The summed E-state index contributed by atoms with van der Waals surface area (Å²) < 4.78 is 10.7. The van der Waals surface area contributed by atoms with Crippen molar-refractivity contribution < 1.29 is 19.1 Å². The molecule has 1 aromatic carbocycles. The van der Waals surface area contributed by atoms with Gasteiger partial charge in [-0.3, -0.25) is 9.59 Å². The van der Waals surface area contributed by atoms with E-state index in [2.05, 4.69) is 0 Å². The topological polar surface area (TPSA) is 59.1 Å². The maximum atomic E-state index is 12.3. The third kappa shape index (κ3) is 3.87. The summed E-state index contributed by atoms with van der Waals surface area (Å²) in [7, 11) is 1.60. The standard InChI is InChI=1S/C15H20N2O4/c1-12(21-14-5-3-13(20-2)4-6-14)15(19)17-9-7-16(11-18)8-10-17/h3-6,11-12H,7-10H2,1-2H3/t12-/m1/s1. The molecule has 0 aliphatic carbocycles. The number of methoxy groups -OCH3 is 1. The first-order chi connectivity index (χ1) is 10.1. The van der Waals surface area contributed by atoms with E-state index in [0.29, 0.717) is 31.9 Å². The molecule has 2 rings (SSSR count). The van der Waals surface area contributed by atoms with E-state index < -0.39 is 6.10 Å². The van der Waals surface area contributed by atoms with Gasteiger partial charge in [-0.05, 0) is 31.2 Å². The Bertz CT molecular complexity index is 481. The Labute approximate surface area is 124 Å². The quantitative estimate of drug-likeness (QED) is 0.752. The molecule has 0 radical (unpaired) electrons. The molecule has 21 heavy (non-hydrogen) atoms. The predicted octanol–water partition coefficient (Wildman–Crippen LogP) is 0.763. The molecule has 6 heteroatoms. The number of carbonyl (C=O) groups is 2. The zero-order valence-corrected chi connectivity index (χ0v) is 12.3. The lowest BCUT2D eigenvalue weighted by Crippen LogP contribution is -2.51. The lowest BCUT2D eigenvalue weighted by atomic mass is 10.2. The highest BCUT2D eigenvalue weighted by Crippen LogP contribution is 2.18. The third-order valence-electron chi connectivity index (χ3n) is 3.50. The zero-order valence-electron chi connectivity index (χ0n) is 12.3. The Morgan fingerprint density at radius 1 is 1.14 bits per heavy atom. The van der Waals surface area contributed by atoms with E-state index in [-0.39, 0.29) is 5.91 Å². The van der Waals surface area contributed by atoms with Crippen molar-refractivity contribution in [1.82, 2.24) is 9.80 Å². The molecule has 1 saturated heterocycles. The minimum atomic E-state index is -0.554. The van der Waals surface area contributed by atoms with Crippen LogP contribution in [0.3, 0.4) is 0 Å². The Morgan fingerprint density at radius 3 is 2.24 bits per heavy atom. The van der Waals surface area contributed by atoms with E-state index in [0.717, 1.165) is 12.2 Å².